The molecule has 0 unspecified atom stereocenters. The summed E-state index contributed by atoms with van der Waals surface area (Å²) in [5.74, 6) is 0.586. The van der Waals surface area contributed by atoms with Gasteiger partial charge in [-0.05, 0) is 59.0 Å². The average Bonchev–Trinajstić information content (AvgIpc) is 2.80. The highest BCUT2D eigenvalue weighted by atomic mass is 127. The van der Waals surface area contributed by atoms with E-state index in [0.717, 1.165) is 9.26 Å². The van der Waals surface area contributed by atoms with Gasteiger partial charge in [0.05, 0.1) is 11.4 Å². The molecule has 5 heteroatoms. The maximum atomic E-state index is 14.1. The van der Waals surface area contributed by atoms with E-state index in [9.17, 15) is 4.39 Å². The number of alkyl halides is 1. The van der Waals surface area contributed by atoms with E-state index in [1.54, 1.807) is 16.7 Å². The second-order valence-corrected chi connectivity index (χ2v) is 5.59. The van der Waals surface area contributed by atoms with Crippen LogP contribution in [0.4, 0.5) is 4.39 Å². The molecule has 0 atom stereocenters. The van der Waals surface area contributed by atoms with Gasteiger partial charge in [0.15, 0.2) is 0 Å². The van der Waals surface area contributed by atoms with Crippen molar-refractivity contribution in [3.8, 4) is 5.69 Å². The maximum Gasteiger partial charge on any atom is 0.149 e. The van der Waals surface area contributed by atoms with Crippen LogP contribution in [0.25, 0.3) is 16.7 Å². The molecule has 0 aliphatic rings. The van der Waals surface area contributed by atoms with Crippen molar-refractivity contribution in [1.29, 1.82) is 0 Å². The van der Waals surface area contributed by atoms with Crippen molar-refractivity contribution in [2.24, 2.45) is 0 Å². The Balaban J connectivity index is 2.35. The van der Waals surface area contributed by atoms with Gasteiger partial charge in [0.25, 0.3) is 0 Å². The number of aromatic nitrogens is 2. The Morgan fingerprint density at radius 2 is 1.89 bits per heavy atom. The summed E-state index contributed by atoms with van der Waals surface area (Å²) in [5, 5.41) is 0. The van der Waals surface area contributed by atoms with Gasteiger partial charge in [-0.25, -0.2) is 9.37 Å². The smallest absolute Gasteiger partial charge is 0.149 e. The second kappa shape index (κ2) is 5.09. The molecule has 19 heavy (non-hydrogen) atoms. The zero-order valence-electron chi connectivity index (χ0n) is 9.78. The van der Waals surface area contributed by atoms with Gasteiger partial charge in [-0.2, -0.15) is 0 Å². The van der Waals surface area contributed by atoms with Crippen molar-refractivity contribution in [3.63, 3.8) is 0 Å². The molecule has 0 bridgehead atoms. The van der Waals surface area contributed by atoms with Crippen LogP contribution >= 0.6 is 34.2 Å². The van der Waals surface area contributed by atoms with Gasteiger partial charge in [-0.1, -0.05) is 6.07 Å². The summed E-state index contributed by atoms with van der Waals surface area (Å²) in [5.41, 5.74) is 1.96. The first-order valence-electron chi connectivity index (χ1n) is 5.68. The molecule has 0 saturated carbocycles. The number of imidazole rings is 1. The van der Waals surface area contributed by atoms with Gasteiger partial charge in [0.2, 0.25) is 0 Å². The molecule has 0 spiro atoms. The van der Waals surface area contributed by atoms with Crippen LogP contribution in [0.3, 0.4) is 0 Å². The Hall–Kier alpha value is -1.14. The zero-order chi connectivity index (χ0) is 13.4. The summed E-state index contributed by atoms with van der Waals surface area (Å²) in [4.78, 5) is 4.38. The van der Waals surface area contributed by atoms with Crippen LogP contribution in [0.1, 0.15) is 5.82 Å². The SMILES string of the molecule is Fc1cccc2nc(CCl)n(-c3ccc(I)cc3)c12. The number of para-hydroxylation sites is 1. The number of benzene rings is 2. The highest BCUT2D eigenvalue weighted by Gasteiger charge is 2.14. The van der Waals surface area contributed by atoms with Crippen LogP contribution in [0, 0.1) is 9.39 Å². The lowest BCUT2D eigenvalue weighted by atomic mass is 10.2. The van der Waals surface area contributed by atoms with E-state index < -0.39 is 0 Å². The average molecular weight is 387 g/mol. The predicted molar refractivity (Wildman–Crippen MR) is 83.3 cm³/mol. The van der Waals surface area contributed by atoms with Crippen LogP contribution in [-0.4, -0.2) is 9.55 Å². The fourth-order valence-electron chi connectivity index (χ4n) is 2.09. The molecule has 0 aliphatic carbocycles. The minimum Gasteiger partial charge on any atom is -0.293 e. The van der Waals surface area contributed by atoms with Crippen LogP contribution in [0.2, 0.25) is 0 Å². The topological polar surface area (TPSA) is 17.8 Å². The zero-order valence-corrected chi connectivity index (χ0v) is 12.7. The van der Waals surface area contributed by atoms with Crippen LogP contribution < -0.4 is 0 Å². The van der Waals surface area contributed by atoms with Crippen LogP contribution in [0.15, 0.2) is 42.5 Å². The minimum absolute atomic E-state index is 0.236. The highest BCUT2D eigenvalue weighted by molar-refractivity contribution is 14.1. The van der Waals surface area contributed by atoms with Crippen molar-refractivity contribution in [2.45, 2.75) is 5.88 Å². The number of hydrogen-bond donors (Lipinski definition) is 0. The standard InChI is InChI=1S/C14H9ClFIN2/c15-8-13-18-12-3-1-2-11(16)14(12)19(13)10-6-4-9(17)5-7-10/h1-7H,8H2. The van der Waals surface area contributed by atoms with E-state index in [-0.39, 0.29) is 11.7 Å². The van der Waals surface area contributed by atoms with E-state index in [1.165, 1.54) is 6.07 Å². The summed E-state index contributed by atoms with van der Waals surface area (Å²) in [6.45, 7) is 0. The molecule has 0 aliphatic heterocycles. The molecule has 0 radical (unpaired) electrons. The Morgan fingerprint density at radius 3 is 2.58 bits per heavy atom. The third-order valence-corrected chi connectivity index (χ3v) is 3.86. The predicted octanol–water partition coefficient (Wildman–Crippen LogP) is 4.51. The van der Waals surface area contributed by atoms with Crippen molar-refractivity contribution >= 4 is 45.2 Å². The summed E-state index contributed by atoms with van der Waals surface area (Å²) in [6.07, 6.45) is 0. The summed E-state index contributed by atoms with van der Waals surface area (Å²) in [7, 11) is 0. The Labute approximate surface area is 128 Å². The van der Waals surface area contributed by atoms with E-state index >= 15 is 0 Å². The molecule has 0 amide bonds. The number of rotatable bonds is 2. The molecule has 0 fully saturated rings. The fraction of sp³-hybridized carbons (Fsp3) is 0.0714. The van der Waals surface area contributed by atoms with E-state index in [0.29, 0.717) is 16.9 Å². The number of halogens is 3. The van der Waals surface area contributed by atoms with Crippen molar-refractivity contribution in [3.05, 3.63) is 57.7 Å². The van der Waals surface area contributed by atoms with Gasteiger partial charge in [-0.15, -0.1) is 11.6 Å². The lowest BCUT2D eigenvalue weighted by molar-refractivity contribution is 0.634. The van der Waals surface area contributed by atoms with Gasteiger partial charge in [0.1, 0.15) is 17.2 Å². The van der Waals surface area contributed by atoms with Gasteiger partial charge in [-0.3, -0.25) is 4.57 Å². The molecular formula is C14H9ClFIN2. The van der Waals surface area contributed by atoms with E-state index in [1.807, 2.05) is 24.3 Å². The third kappa shape index (κ3) is 2.23. The first kappa shape index (κ1) is 12.9. The van der Waals surface area contributed by atoms with Gasteiger partial charge in [0, 0.05) is 9.26 Å². The minimum atomic E-state index is -0.292. The first-order valence-corrected chi connectivity index (χ1v) is 7.30. The summed E-state index contributed by atoms with van der Waals surface area (Å²) >= 11 is 8.16. The Bertz CT molecular complexity index is 737. The summed E-state index contributed by atoms with van der Waals surface area (Å²) < 4.78 is 17.0. The van der Waals surface area contributed by atoms with E-state index in [2.05, 4.69) is 27.6 Å². The fourth-order valence-corrected chi connectivity index (χ4v) is 2.63. The molecule has 0 saturated heterocycles. The third-order valence-electron chi connectivity index (χ3n) is 2.90. The van der Waals surface area contributed by atoms with Crippen LogP contribution in [0.5, 0.6) is 0 Å². The largest absolute Gasteiger partial charge is 0.293 e. The van der Waals surface area contributed by atoms with Crippen molar-refractivity contribution < 1.29 is 4.39 Å². The molecule has 3 rings (SSSR count). The summed E-state index contributed by atoms with van der Waals surface area (Å²) in [6, 6.07) is 12.7. The number of fused-ring (bicyclic) bond motifs is 1. The highest BCUT2D eigenvalue weighted by Crippen LogP contribution is 2.25. The second-order valence-electron chi connectivity index (χ2n) is 4.08. The molecule has 2 nitrogen and oxygen atoms in total. The molecule has 2 aromatic carbocycles. The number of nitrogens with zero attached hydrogens (tertiary/aromatic N) is 2. The van der Waals surface area contributed by atoms with Crippen molar-refractivity contribution in [2.75, 3.05) is 0 Å². The van der Waals surface area contributed by atoms with E-state index in [4.69, 9.17) is 11.6 Å². The quantitative estimate of drug-likeness (QED) is 0.468. The van der Waals surface area contributed by atoms with Gasteiger partial charge < -0.3 is 0 Å². The van der Waals surface area contributed by atoms with Crippen LogP contribution in [-0.2, 0) is 5.88 Å². The molecule has 3 aromatic rings. The molecule has 0 N–H and O–H groups in total. The Morgan fingerprint density at radius 1 is 1.16 bits per heavy atom. The normalized spacial score (nSPS) is 11.1. The molecular weight excluding hydrogens is 378 g/mol. The molecule has 1 aromatic heterocycles. The van der Waals surface area contributed by atoms with Crippen molar-refractivity contribution in [1.82, 2.24) is 9.55 Å². The monoisotopic (exact) mass is 386 g/mol. The van der Waals surface area contributed by atoms with Gasteiger partial charge >= 0.3 is 0 Å². The lowest BCUT2D eigenvalue weighted by Crippen LogP contribution is -2.00. The Kier molecular flexibility index (Phi) is 3.45. The molecule has 1 heterocycles. The molecule has 96 valence electrons. The maximum absolute atomic E-state index is 14.1. The first-order chi connectivity index (χ1) is 9.20. The number of hydrogen-bond acceptors (Lipinski definition) is 1. The lowest BCUT2D eigenvalue weighted by Gasteiger charge is -2.08.